The third-order valence-corrected chi connectivity index (χ3v) is 4.18. The molecule has 19 heavy (non-hydrogen) atoms. The maximum Gasteiger partial charge on any atom is 0.230 e. The molecule has 1 heterocycles. The van der Waals surface area contributed by atoms with Crippen molar-refractivity contribution >= 4 is 17.3 Å². The summed E-state index contributed by atoms with van der Waals surface area (Å²) in [6.45, 7) is 7.94. The summed E-state index contributed by atoms with van der Waals surface area (Å²) >= 11 is 0. The van der Waals surface area contributed by atoms with E-state index in [0.717, 1.165) is 11.3 Å². The smallest absolute Gasteiger partial charge is 0.230 e. The second-order valence-electron chi connectivity index (χ2n) is 5.44. The molecule has 1 amide bonds. The second kappa shape index (κ2) is 5.21. The van der Waals surface area contributed by atoms with Crippen LogP contribution in [0.4, 0.5) is 11.4 Å². The minimum absolute atomic E-state index is 0.0121. The lowest BCUT2D eigenvalue weighted by molar-refractivity contribution is -0.121. The van der Waals surface area contributed by atoms with Gasteiger partial charge in [0.05, 0.1) is 18.1 Å². The molecule has 2 rings (SSSR count). The summed E-state index contributed by atoms with van der Waals surface area (Å²) in [6, 6.07) is 5.55. The Hall–Kier alpha value is -1.55. The molecule has 104 valence electrons. The van der Waals surface area contributed by atoms with E-state index in [4.69, 9.17) is 10.5 Å². The molecule has 3 N–H and O–H groups in total. The summed E-state index contributed by atoms with van der Waals surface area (Å²) in [5.74, 6) is 0.116. The van der Waals surface area contributed by atoms with Crippen LogP contribution in [0.2, 0.25) is 0 Å². The molecule has 0 saturated carbocycles. The molecule has 0 aliphatic carbocycles. The fraction of sp³-hybridized carbons (Fsp3) is 0.533. The second-order valence-corrected chi connectivity index (χ2v) is 5.44. The molecule has 1 aromatic carbocycles. The van der Waals surface area contributed by atoms with Crippen LogP contribution in [0.25, 0.3) is 0 Å². The van der Waals surface area contributed by atoms with Crippen LogP contribution in [-0.2, 0) is 9.53 Å². The molecule has 0 bridgehead atoms. The number of hydrogen-bond acceptors (Lipinski definition) is 3. The molecule has 0 spiro atoms. The summed E-state index contributed by atoms with van der Waals surface area (Å²) in [5.41, 5.74) is 8.23. The van der Waals surface area contributed by atoms with Crippen molar-refractivity contribution in [2.75, 3.05) is 11.1 Å². The van der Waals surface area contributed by atoms with Gasteiger partial charge in [-0.15, -0.1) is 0 Å². The Morgan fingerprint density at radius 1 is 1.26 bits per heavy atom. The summed E-state index contributed by atoms with van der Waals surface area (Å²) < 4.78 is 5.71. The molecule has 4 heteroatoms. The molecule has 1 aromatic rings. The van der Waals surface area contributed by atoms with Gasteiger partial charge in [0.1, 0.15) is 0 Å². The first kappa shape index (κ1) is 13.9. The van der Waals surface area contributed by atoms with Crippen molar-refractivity contribution in [2.45, 2.75) is 39.9 Å². The molecule has 4 unspecified atom stereocenters. The van der Waals surface area contributed by atoms with Crippen molar-refractivity contribution in [1.29, 1.82) is 0 Å². The molecule has 4 nitrogen and oxygen atoms in total. The number of carbonyl (C=O) groups is 1. The number of nitrogens with one attached hydrogen (secondary N) is 1. The molecular formula is C15H22N2O2. The van der Waals surface area contributed by atoms with Crippen LogP contribution < -0.4 is 11.1 Å². The zero-order valence-electron chi connectivity index (χ0n) is 11.9. The van der Waals surface area contributed by atoms with Gasteiger partial charge in [-0.2, -0.15) is 0 Å². The van der Waals surface area contributed by atoms with Crippen LogP contribution in [0.1, 0.15) is 26.3 Å². The van der Waals surface area contributed by atoms with Gasteiger partial charge in [-0.25, -0.2) is 0 Å². The minimum Gasteiger partial charge on any atom is -0.398 e. The predicted octanol–water partition coefficient (Wildman–Crippen LogP) is 2.58. The Morgan fingerprint density at radius 3 is 2.53 bits per heavy atom. The predicted molar refractivity (Wildman–Crippen MR) is 76.9 cm³/mol. The van der Waals surface area contributed by atoms with E-state index in [0.29, 0.717) is 5.69 Å². The van der Waals surface area contributed by atoms with E-state index in [1.807, 2.05) is 39.0 Å². The Bertz CT molecular complexity index is 487. The first-order valence-electron chi connectivity index (χ1n) is 6.73. The van der Waals surface area contributed by atoms with Crippen LogP contribution >= 0.6 is 0 Å². The molecule has 0 aromatic heterocycles. The average Bonchev–Trinajstić information content (AvgIpc) is 2.59. The van der Waals surface area contributed by atoms with Gasteiger partial charge >= 0.3 is 0 Å². The number of amides is 1. The van der Waals surface area contributed by atoms with E-state index >= 15 is 0 Å². The van der Waals surface area contributed by atoms with Gasteiger partial charge in [-0.05, 0) is 44.4 Å². The van der Waals surface area contributed by atoms with Gasteiger partial charge in [-0.1, -0.05) is 13.0 Å². The van der Waals surface area contributed by atoms with Crippen LogP contribution in [0.3, 0.4) is 0 Å². The molecule has 1 fully saturated rings. The van der Waals surface area contributed by atoms with Gasteiger partial charge in [0.2, 0.25) is 5.91 Å². The highest BCUT2D eigenvalue weighted by atomic mass is 16.5. The zero-order chi connectivity index (χ0) is 14.2. The normalized spacial score (nSPS) is 30.3. The highest BCUT2D eigenvalue weighted by molar-refractivity contribution is 5.94. The molecule has 4 atom stereocenters. The highest BCUT2D eigenvalue weighted by Crippen LogP contribution is 2.33. The minimum atomic E-state index is -0.115. The van der Waals surface area contributed by atoms with Crippen LogP contribution in [0, 0.1) is 18.8 Å². The molecule has 1 saturated heterocycles. The van der Waals surface area contributed by atoms with Crippen molar-refractivity contribution in [1.82, 2.24) is 0 Å². The summed E-state index contributed by atoms with van der Waals surface area (Å²) in [5, 5.41) is 2.98. The van der Waals surface area contributed by atoms with Crippen LogP contribution in [-0.4, -0.2) is 18.1 Å². The number of nitrogens with two attached hydrogens (primary N) is 1. The van der Waals surface area contributed by atoms with Gasteiger partial charge in [0.25, 0.3) is 0 Å². The lowest BCUT2D eigenvalue weighted by atomic mass is 9.88. The van der Waals surface area contributed by atoms with Crippen LogP contribution in [0.5, 0.6) is 0 Å². The van der Waals surface area contributed by atoms with Crippen molar-refractivity contribution in [3.63, 3.8) is 0 Å². The summed E-state index contributed by atoms with van der Waals surface area (Å²) in [7, 11) is 0. The number of hydrogen-bond donors (Lipinski definition) is 2. The SMILES string of the molecule is Cc1c(N)cccc1NC(=O)C1C(C)OC(C)C1C. The van der Waals surface area contributed by atoms with Crippen molar-refractivity contribution in [2.24, 2.45) is 11.8 Å². The van der Waals surface area contributed by atoms with Gasteiger partial charge in [0, 0.05) is 11.4 Å². The summed E-state index contributed by atoms with van der Waals surface area (Å²) in [6.07, 6.45) is 0.0686. The Balaban J connectivity index is 2.15. The first-order chi connectivity index (χ1) is 8.91. The van der Waals surface area contributed by atoms with Crippen molar-refractivity contribution in [3.05, 3.63) is 23.8 Å². The zero-order valence-corrected chi connectivity index (χ0v) is 11.9. The average molecular weight is 262 g/mol. The lowest BCUT2D eigenvalue weighted by Gasteiger charge is -2.19. The third kappa shape index (κ3) is 2.59. The Morgan fingerprint density at radius 2 is 1.95 bits per heavy atom. The van der Waals surface area contributed by atoms with E-state index in [1.54, 1.807) is 0 Å². The van der Waals surface area contributed by atoms with E-state index in [2.05, 4.69) is 12.2 Å². The molecular weight excluding hydrogens is 240 g/mol. The molecule has 1 aliphatic rings. The summed E-state index contributed by atoms with van der Waals surface area (Å²) in [4.78, 5) is 12.4. The number of carbonyl (C=O) groups excluding carboxylic acids is 1. The monoisotopic (exact) mass is 262 g/mol. The van der Waals surface area contributed by atoms with Crippen molar-refractivity contribution in [3.8, 4) is 0 Å². The maximum atomic E-state index is 12.4. The lowest BCUT2D eigenvalue weighted by Crippen LogP contribution is -2.32. The number of benzene rings is 1. The fourth-order valence-electron chi connectivity index (χ4n) is 2.72. The van der Waals surface area contributed by atoms with Gasteiger partial charge in [0.15, 0.2) is 0 Å². The van der Waals surface area contributed by atoms with E-state index < -0.39 is 0 Å². The highest BCUT2D eigenvalue weighted by Gasteiger charge is 2.41. The molecule has 0 radical (unpaired) electrons. The van der Waals surface area contributed by atoms with E-state index in [9.17, 15) is 4.79 Å². The quantitative estimate of drug-likeness (QED) is 0.805. The number of nitrogen functional groups attached to an aromatic ring is 1. The number of rotatable bonds is 2. The number of ether oxygens (including phenoxy) is 1. The van der Waals surface area contributed by atoms with E-state index in [-0.39, 0.29) is 30.0 Å². The largest absolute Gasteiger partial charge is 0.398 e. The topological polar surface area (TPSA) is 64.3 Å². The van der Waals surface area contributed by atoms with Gasteiger partial charge < -0.3 is 15.8 Å². The van der Waals surface area contributed by atoms with E-state index in [1.165, 1.54) is 0 Å². The Kier molecular flexibility index (Phi) is 3.80. The third-order valence-electron chi connectivity index (χ3n) is 4.18. The first-order valence-corrected chi connectivity index (χ1v) is 6.73. The number of anilines is 2. The maximum absolute atomic E-state index is 12.4. The standard InChI is InChI=1S/C15H22N2O2/c1-8-10(3)19-11(4)14(8)15(18)17-13-7-5-6-12(16)9(13)2/h5-8,10-11,14H,16H2,1-4H3,(H,17,18). The van der Waals surface area contributed by atoms with Gasteiger partial charge in [-0.3, -0.25) is 4.79 Å². The fourth-order valence-corrected chi connectivity index (χ4v) is 2.72. The van der Waals surface area contributed by atoms with Crippen molar-refractivity contribution < 1.29 is 9.53 Å². The van der Waals surface area contributed by atoms with Crippen LogP contribution in [0.15, 0.2) is 18.2 Å². The Labute approximate surface area is 114 Å². The molecule has 1 aliphatic heterocycles.